The second kappa shape index (κ2) is 5.60. The van der Waals surface area contributed by atoms with Gasteiger partial charge in [0.05, 0.1) is 11.4 Å². The first-order chi connectivity index (χ1) is 8.71. The van der Waals surface area contributed by atoms with Gasteiger partial charge >= 0.3 is 0 Å². The van der Waals surface area contributed by atoms with Crippen LogP contribution < -0.4 is 0 Å². The molecule has 0 bridgehead atoms. The fourth-order valence-corrected chi connectivity index (χ4v) is 2.69. The topological polar surface area (TPSA) is 25.8 Å². The van der Waals surface area contributed by atoms with Crippen molar-refractivity contribution in [2.45, 2.75) is 85.5 Å². The summed E-state index contributed by atoms with van der Waals surface area (Å²) in [6.07, 6.45) is 3.62. The third-order valence-electron chi connectivity index (χ3n) is 3.46. The van der Waals surface area contributed by atoms with Gasteiger partial charge in [0.25, 0.3) is 0 Å². The fourth-order valence-electron chi connectivity index (χ4n) is 2.69. The maximum Gasteiger partial charge on any atom is 0.0719 e. The third-order valence-corrected chi connectivity index (χ3v) is 3.46. The Morgan fingerprint density at radius 3 is 1.26 bits per heavy atom. The van der Waals surface area contributed by atoms with Gasteiger partial charge in [-0.15, -0.1) is 0 Å². The Morgan fingerprint density at radius 1 is 0.684 bits per heavy atom. The van der Waals surface area contributed by atoms with Crippen molar-refractivity contribution in [1.29, 1.82) is 0 Å². The van der Waals surface area contributed by atoms with E-state index in [4.69, 9.17) is 0 Å². The average molecular weight is 262 g/mol. The predicted molar refractivity (Wildman–Crippen MR) is 82.8 cm³/mol. The summed E-state index contributed by atoms with van der Waals surface area (Å²) in [5, 5.41) is 9.08. The molecule has 0 saturated carbocycles. The van der Waals surface area contributed by atoms with Crippen molar-refractivity contribution in [2.75, 3.05) is 0 Å². The van der Waals surface area contributed by atoms with E-state index in [1.165, 1.54) is 41.8 Å². The van der Waals surface area contributed by atoms with Crippen LogP contribution in [0.25, 0.3) is 0 Å². The van der Waals surface area contributed by atoms with Crippen LogP contribution >= 0.6 is 0 Å². The lowest BCUT2D eigenvalue weighted by atomic mass is 9.83. The van der Waals surface area contributed by atoms with E-state index in [1.807, 2.05) is 13.8 Å². The Labute approximate surface area is 119 Å². The van der Waals surface area contributed by atoms with Gasteiger partial charge in [-0.2, -0.15) is 10.2 Å². The van der Waals surface area contributed by atoms with Crippen LogP contribution in [0.15, 0.2) is 0 Å². The first-order valence-electron chi connectivity index (χ1n) is 7.60. The minimum Gasteiger partial charge on any atom is -0.155 e. The summed E-state index contributed by atoms with van der Waals surface area (Å²) in [7, 11) is 0. The van der Waals surface area contributed by atoms with E-state index in [0.717, 1.165) is 0 Å². The van der Waals surface area contributed by atoms with Crippen LogP contribution in [0.4, 0.5) is 0 Å². The van der Waals surface area contributed by atoms with Gasteiger partial charge in [0.1, 0.15) is 0 Å². The Morgan fingerprint density at radius 2 is 1.00 bits per heavy atom. The van der Waals surface area contributed by atoms with E-state index in [2.05, 4.69) is 51.7 Å². The lowest BCUT2D eigenvalue weighted by Crippen LogP contribution is -2.23. The largest absolute Gasteiger partial charge is 0.155 e. The highest BCUT2D eigenvalue weighted by atomic mass is 15.1. The van der Waals surface area contributed by atoms with Gasteiger partial charge in [0.2, 0.25) is 0 Å². The molecule has 2 heteroatoms. The number of aromatic nitrogens is 2. The van der Waals surface area contributed by atoms with Crippen molar-refractivity contribution >= 4 is 0 Å². The third kappa shape index (κ3) is 3.34. The summed E-state index contributed by atoms with van der Waals surface area (Å²) in [5.41, 5.74) is 5.60. The molecule has 108 valence electrons. The van der Waals surface area contributed by atoms with Crippen molar-refractivity contribution in [3.05, 3.63) is 22.5 Å². The molecule has 0 aliphatic heterocycles. The maximum absolute atomic E-state index is 4.54. The van der Waals surface area contributed by atoms with Crippen LogP contribution in [0.2, 0.25) is 0 Å². The number of hydrogen-bond acceptors (Lipinski definition) is 2. The zero-order valence-corrected chi connectivity index (χ0v) is 14.0. The molecule has 0 atom stereocenters. The normalized spacial score (nSPS) is 14.7. The van der Waals surface area contributed by atoms with Crippen LogP contribution in [-0.4, -0.2) is 10.2 Å². The van der Waals surface area contributed by atoms with Crippen molar-refractivity contribution < 1.29 is 0 Å². The van der Waals surface area contributed by atoms with E-state index in [1.54, 1.807) is 0 Å². The Bertz CT molecular complexity index is 393. The molecule has 0 spiro atoms. The zero-order chi connectivity index (χ0) is 14.8. The number of rotatable bonds is 0. The molecule has 1 aromatic rings. The Kier molecular flexibility index (Phi) is 4.76. The SMILES string of the molecule is CC.CC(C)(C)c1nnc(C(C)(C)C)c2c1CCC2. The van der Waals surface area contributed by atoms with Crippen LogP contribution in [0, 0.1) is 0 Å². The molecule has 2 rings (SSSR count). The van der Waals surface area contributed by atoms with Gasteiger partial charge < -0.3 is 0 Å². The number of fused-ring (bicyclic) bond motifs is 1. The molecular formula is C17H30N2. The molecule has 2 nitrogen and oxygen atoms in total. The average Bonchev–Trinajstić information content (AvgIpc) is 2.76. The van der Waals surface area contributed by atoms with Crippen LogP contribution in [0.1, 0.15) is 84.3 Å². The van der Waals surface area contributed by atoms with Crippen LogP contribution in [0.5, 0.6) is 0 Å². The molecule has 1 aliphatic rings. The standard InChI is InChI=1S/C15H24N2.C2H6/c1-14(2,3)12-10-8-7-9-11(10)13(17-16-12)15(4,5)6;1-2/h7-9H2,1-6H3;1-2H3. The molecule has 1 heterocycles. The van der Waals surface area contributed by atoms with Gasteiger partial charge in [0, 0.05) is 10.8 Å². The lowest BCUT2D eigenvalue weighted by molar-refractivity contribution is 0.518. The lowest BCUT2D eigenvalue weighted by Gasteiger charge is -2.25. The summed E-state index contributed by atoms with van der Waals surface area (Å²) in [4.78, 5) is 0. The minimum absolute atomic E-state index is 0.109. The molecule has 1 aliphatic carbocycles. The summed E-state index contributed by atoms with van der Waals surface area (Å²) in [6.45, 7) is 17.4. The zero-order valence-electron chi connectivity index (χ0n) is 14.0. The first-order valence-corrected chi connectivity index (χ1v) is 7.60. The van der Waals surface area contributed by atoms with Crippen LogP contribution in [0.3, 0.4) is 0 Å². The summed E-state index contributed by atoms with van der Waals surface area (Å²) >= 11 is 0. The monoisotopic (exact) mass is 262 g/mol. The Hall–Kier alpha value is -0.920. The van der Waals surface area contributed by atoms with Gasteiger partial charge in [0.15, 0.2) is 0 Å². The van der Waals surface area contributed by atoms with Crippen molar-refractivity contribution in [3.8, 4) is 0 Å². The number of hydrogen-bond donors (Lipinski definition) is 0. The molecular weight excluding hydrogens is 232 g/mol. The molecule has 0 radical (unpaired) electrons. The molecule has 0 fully saturated rings. The molecule has 0 N–H and O–H groups in total. The van der Waals surface area contributed by atoms with E-state index in [9.17, 15) is 0 Å². The first kappa shape index (κ1) is 16.1. The van der Waals surface area contributed by atoms with Crippen molar-refractivity contribution in [3.63, 3.8) is 0 Å². The minimum atomic E-state index is 0.109. The highest BCUT2D eigenvalue weighted by Gasteiger charge is 2.30. The van der Waals surface area contributed by atoms with Gasteiger partial charge in [-0.1, -0.05) is 55.4 Å². The molecule has 0 amide bonds. The van der Waals surface area contributed by atoms with E-state index in [-0.39, 0.29) is 10.8 Å². The molecule has 0 unspecified atom stereocenters. The number of nitrogens with zero attached hydrogens (tertiary/aromatic N) is 2. The summed E-state index contributed by atoms with van der Waals surface area (Å²) < 4.78 is 0. The van der Waals surface area contributed by atoms with Crippen molar-refractivity contribution in [2.24, 2.45) is 0 Å². The van der Waals surface area contributed by atoms with E-state index >= 15 is 0 Å². The molecule has 19 heavy (non-hydrogen) atoms. The quantitative estimate of drug-likeness (QED) is 0.683. The Balaban J connectivity index is 0.000000861. The molecule has 0 saturated heterocycles. The molecule has 1 aromatic heterocycles. The smallest absolute Gasteiger partial charge is 0.0719 e. The maximum atomic E-state index is 4.54. The van der Waals surface area contributed by atoms with Crippen LogP contribution in [-0.2, 0) is 23.7 Å². The predicted octanol–water partition coefficient (Wildman–Crippen LogP) is 4.59. The second-order valence-corrected chi connectivity index (χ2v) is 7.21. The van der Waals surface area contributed by atoms with E-state index < -0.39 is 0 Å². The molecule has 0 aromatic carbocycles. The van der Waals surface area contributed by atoms with Crippen molar-refractivity contribution in [1.82, 2.24) is 10.2 Å². The highest BCUT2D eigenvalue weighted by molar-refractivity contribution is 5.41. The van der Waals surface area contributed by atoms with Gasteiger partial charge in [-0.3, -0.25) is 0 Å². The fraction of sp³-hybridized carbons (Fsp3) is 0.765. The van der Waals surface area contributed by atoms with Gasteiger partial charge in [-0.25, -0.2) is 0 Å². The summed E-state index contributed by atoms with van der Waals surface area (Å²) in [6, 6.07) is 0. The second-order valence-electron chi connectivity index (χ2n) is 7.21. The highest BCUT2D eigenvalue weighted by Crippen LogP contribution is 2.36. The van der Waals surface area contributed by atoms with Gasteiger partial charge in [-0.05, 0) is 30.4 Å². The summed E-state index contributed by atoms with van der Waals surface area (Å²) in [5.74, 6) is 0. The van der Waals surface area contributed by atoms with E-state index in [0.29, 0.717) is 0 Å².